The molecule has 2 saturated heterocycles. The number of aromatic nitrogens is 1. The van der Waals surface area contributed by atoms with Crippen LogP contribution in [0, 0.1) is 5.82 Å². The topological polar surface area (TPSA) is 42.4 Å². The minimum atomic E-state index is -0.270. The highest BCUT2D eigenvalue weighted by atomic mass is 32.1. The normalized spacial score (nSPS) is 24.3. The number of thiophene rings is 1. The van der Waals surface area contributed by atoms with Crippen LogP contribution in [0.2, 0.25) is 0 Å². The first-order valence-electron chi connectivity index (χ1n) is 9.26. The van der Waals surface area contributed by atoms with Gasteiger partial charge in [-0.25, -0.2) is 4.39 Å². The number of piperidine rings is 1. The summed E-state index contributed by atoms with van der Waals surface area (Å²) in [6.07, 6.45) is 7.33. The molecule has 2 unspecified atom stereocenters. The average Bonchev–Trinajstić information content (AvgIpc) is 3.20. The summed E-state index contributed by atoms with van der Waals surface area (Å²) in [5.41, 5.74) is 0. The number of halogens is 1. The van der Waals surface area contributed by atoms with Crippen molar-refractivity contribution in [1.29, 1.82) is 0 Å². The van der Waals surface area contributed by atoms with Crippen molar-refractivity contribution in [2.45, 2.75) is 43.9 Å². The third-order valence-electron chi connectivity index (χ3n) is 5.57. The van der Waals surface area contributed by atoms with E-state index in [1.54, 1.807) is 18.5 Å². The molecule has 0 aliphatic carbocycles. The molecule has 3 aromatic rings. The van der Waals surface area contributed by atoms with Crippen molar-refractivity contribution < 1.29 is 13.9 Å². The molecule has 4 heterocycles. The summed E-state index contributed by atoms with van der Waals surface area (Å²) >= 11 is 1.45. The molecule has 2 aromatic heterocycles. The van der Waals surface area contributed by atoms with Crippen LogP contribution >= 0.6 is 11.3 Å². The zero-order chi connectivity index (χ0) is 18.4. The number of amides is 1. The fourth-order valence-corrected chi connectivity index (χ4v) is 5.40. The molecule has 0 N–H and O–H groups in total. The summed E-state index contributed by atoms with van der Waals surface area (Å²) < 4.78 is 20.5. The number of hydrogen-bond acceptors (Lipinski definition) is 4. The fourth-order valence-electron chi connectivity index (χ4n) is 4.41. The van der Waals surface area contributed by atoms with Gasteiger partial charge in [0, 0.05) is 42.0 Å². The number of nitrogens with zero attached hydrogens (tertiary/aromatic N) is 2. The van der Waals surface area contributed by atoms with Crippen LogP contribution in [0.5, 0.6) is 5.75 Å². The van der Waals surface area contributed by atoms with E-state index in [1.807, 2.05) is 23.1 Å². The molecule has 0 spiro atoms. The number of rotatable bonds is 3. The van der Waals surface area contributed by atoms with Gasteiger partial charge in [-0.3, -0.25) is 9.78 Å². The van der Waals surface area contributed by atoms with Gasteiger partial charge in [0.15, 0.2) is 0 Å². The number of ether oxygens (including phenoxy) is 1. The summed E-state index contributed by atoms with van der Waals surface area (Å²) in [5, 5.41) is 0.798. The SMILES string of the molecule is O=C(c1cc2cc(F)ccc2s1)N1C2CCC1CC(Oc1ccncc1)C2. The van der Waals surface area contributed by atoms with Crippen LogP contribution in [-0.2, 0) is 0 Å². The van der Waals surface area contributed by atoms with Crippen molar-refractivity contribution in [3.8, 4) is 5.75 Å². The van der Waals surface area contributed by atoms with Gasteiger partial charge in [0.1, 0.15) is 17.7 Å². The second-order valence-electron chi connectivity index (χ2n) is 7.28. The van der Waals surface area contributed by atoms with Crippen LogP contribution in [0.1, 0.15) is 35.4 Å². The third kappa shape index (κ3) is 3.08. The summed E-state index contributed by atoms with van der Waals surface area (Å²) in [7, 11) is 0. The van der Waals surface area contributed by atoms with Gasteiger partial charge in [0.05, 0.1) is 4.88 Å². The molecule has 1 aromatic carbocycles. The number of pyridine rings is 1. The molecule has 2 bridgehead atoms. The molecule has 5 rings (SSSR count). The molecule has 4 nitrogen and oxygen atoms in total. The Bertz CT molecular complexity index is 976. The second-order valence-corrected chi connectivity index (χ2v) is 8.37. The van der Waals surface area contributed by atoms with Crippen molar-refractivity contribution in [3.05, 3.63) is 59.5 Å². The van der Waals surface area contributed by atoms with Crippen LogP contribution in [0.3, 0.4) is 0 Å². The van der Waals surface area contributed by atoms with E-state index in [0.29, 0.717) is 4.88 Å². The Balaban J connectivity index is 1.34. The molecule has 2 atom stereocenters. The largest absolute Gasteiger partial charge is 0.490 e. The molecule has 0 radical (unpaired) electrons. The van der Waals surface area contributed by atoms with Crippen molar-refractivity contribution in [1.82, 2.24) is 9.88 Å². The minimum absolute atomic E-state index is 0.0754. The van der Waals surface area contributed by atoms with E-state index in [-0.39, 0.29) is 29.9 Å². The van der Waals surface area contributed by atoms with E-state index in [4.69, 9.17) is 4.74 Å². The Morgan fingerprint density at radius 1 is 1.11 bits per heavy atom. The highest BCUT2D eigenvalue weighted by Gasteiger charge is 2.44. The molecular weight excluding hydrogens is 363 g/mol. The monoisotopic (exact) mass is 382 g/mol. The molecule has 138 valence electrons. The van der Waals surface area contributed by atoms with Gasteiger partial charge in [-0.05, 0) is 54.6 Å². The summed E-state index contributed by atoms with van der Waals surface area (Å²) in [6, 6.07) is 10.7. The van der Waals surface area contributed by atoms with Crippen LogP contribution in [0.15, 0.2) is 48.8 Å². The molecule has 6 heteroatoms. The van der Waals surface area contributed by atoms with E-state index in [0.717, 1.165) is 41.5 Å². The van der Waals surface area contributed by atoms with Gasteiger partial charge in [0.2, 0.25) is 0 Å². The van der Waals surface area contributed by atoms with Gasteiger partial charge in [-0.15, -0.1) is 11.3 Å². The number of hydrogen-bond donors (Lipinski definition) is 0. The van der Waals surface area contributed by atoms with Gasteiger partial charge >= 0.3 is 0 Å². The van der Waals surface area contributed by atoms with E-state index in [9.17, 15) is 9.18 Å². The first-order chi connectivity index (χ1) is 13.2. The Labute approximate surface area is 160 Å². The third-order valence-corrected chi connectivity index (χ3v) is 6.67. The Morgan fingerprint density at radius 3 is 2.59 bits per heavy atom. The van der Waals surface area contributed by atoms with Crippen molar-refractivity contribution in [3.63, 3.8) is 0 Å². The van der Waals surface area contributed by atoms with E-state index < -0.39 is 0 Å². The van der Waals surface area contributed by atoms with Crippen LogP contribution < -0.4 is 4.74 Å². The summed E-state index contributed by atoms with van der Waals surface area (Å²) in [4.78, 5) is 19.9. The molecule has 0 saturated carbocycles. The van der Waals surface area contributed by atoms with Crippen LogP contribution in [-0.4, -0.2) is 34.0 Å². The maximum atomic E-state index is 13.4. The Morgan fingerprint density at radius 2 is 1.85 bits per heavy atom. The van der Waals surface area contributed by atoms with Crippen molar-refractivity contribution in [2.75, 3.05) is 0 Å². The molecule has 1 amide bonds. The number of carbonyl (C=O) groups excluding carboxylic acids is 1. The Hall–Kier alpha value is -2.47. The maximum absolute atomic E-state index is 13.4. The van der Waals surface area contributed by atoms with E-state index in [1.165, 1.54) is 23.5 Å². The standard InChI is InChI=1S/C21H19FN2O2S/c22-14-1-4-19-13(9-14)10-20(27-19)21(25)24-15-2-3-16(24)12-18(11-15)26-17-5-7-23-8-6-17/h1,4-10,15-16,18H,2-3,11-12H2. The lowest BCUT2D eigenvalue weighted by atomic mass is 9.99. The molecule has 2 aliphatic rings. The Kier molecular flexibility index (Phi) is 4.08. The quantitative estimate of drug-likeness (QED) is 0.662. The molecule has 27 heavy (non-hydrogen) atoms. The highest BCUT2D eigenvalue weighted by molar-refractivity contribution is 7.20. The summed E-state index contributed by atoms with van der Waals surface area (Å²) in [5.74, 6) is 0.639. The maximum Gasteiger partial charge on any atom is 0.264 e. The lowest BCUT2D eigenvalue weighted by molar-refractivity contribution is 0.0363. The number of benzene rings is 1. The van der Waals surface area contributed by atoms with Crippen molar-refractivity contribution in [2.24, 2.45) is 0 Å². The number of fused-ring (bicyclic) bond motifs is 3. The first-order valence-corrected chi connectivity index (χ1v) is 10.1. The van der Waals surface area contributed by atoms with Gasteiger partial charge in [-0.1, -0.05) is 0 Å². The van der Waals surface area contributed by atoms with Gasteiger partial charge in [0.25, 0.3) is 5.91 Å². The number of carbonyl (C=O) groups is 1. The molecule has 2 fully saturated rings. The van der Waals surface area contributed by atoms with E-state index in [2.05, 4.69) is 4.98 Å². The van der Waals surface area contributed by atoms with Gasteiger partial charge in [-0.2, -0.15) is 0 Å². The highest BCUT2D eigenvalue weighted by Crippen LogP contribution is 2.39. The second kappa shape index (κ2) is 6.60. The van der Waals surface area contributed by atoms with Crippen LogP contribution in [0.4, 0.5) is 4.39 Å². The lowest BCUT2D eigenvalue weighted by Gasteiger charge is -2.38. The zero-order valence-electron chi connectivity index (χ0n) is 14.7. The predicted octanol–water partition coefficient (Wildman–Crippen LogP) is 4.65. The van der Waals surface area contributed by atoms with Gasteiger partial charge < -0.3 is 9.64 Å². The van der Waals surface area contributed by atoms with Crippen LogP contribution in [0.25, 0.3) is 10.1 Å². The minimum Gasteiger partial charge on any atom is -0.490 e. The first kappa shape index (κ1) is 16.7. The molecular formula is C21H19FN2O2S. The molecule has 2 aliphatic heterocycles. The lowest BCUT2D eigenvalue weighted by Crippen LogP contribution is -2.49. The predicted molar refractivity (Wildman–Crippen MR) is 103 cm³/mol. The fraction of sp³-hybridized carbons (Fsp3) is 0.333. The van der Waals surface area contributed by atoms with E-state index >= 15 is 0 Å². The zero-order valence-corrected chi connectivity index (χ0v) is 15.5. The summed E-state index contributed by atoms with van der Waals surface area (Å²) in [6.45, 7) is 0. The van der Waals surface area contributed by atoms with Crippen molar-refractivity contribution >= 4 is 27.3 Å². The average molecular weight is 382 g/mol. The smallest absolute Gasteiger partial charge is 0.264 e.